The molecule has 2 nitrogen and oxygen atoms in total. The van der Waals surface area contributed by atoms with Gasteiger partial charge in [0, 0.05) is 6.54 Å². The number of likely N-dealkylation sites (tertiary alicyclic amines) is 1. The summed E-state index contributed by atoms with van der Waals surface area (Å²) in [6.45, 7) is 5.88. The quantitative estimate of drug-likeness (QED) is 0.775. The van der Waals surface area contributed by atoms with Gasteiger partial charge >= 0.3 is 0 Å². The van der Waals surface area contributed by atoms with Crippen LogP contribution in [-0.2, 0) is 0 Å². The van der Waals surface area contributed by atoms with Gasteiger partial charge < -0.3 is 10.0 Å². The van der Waals surface area contributed by atoms with Crippen LogP contribution in [0.5, 0.6) is 0 Å². The average Bonchev–Trinajstić information content (AvgIpc) is 2.66. The van der Waals surface area contributed by atoms with Crippen molar-refractivity contribution in [3.8, 4) is 0 Å². The van der Waals surface area contributed by atoms with Gasteiger partial charge in [0.2, 0.25) is 0 Å². The molecule has 2 heteroatoms. The molecule has 0 amide bonds. The van der Waals surface area contributed by atoms with Crippen LogP contribution >= 0.6 is 0 Å². The molecular weight excluding hydrogens is 186 g/mol. The van der Waals surface area contributed by atoms with Gasteiger partial charge in [0.25, 0.3) is 0 Å². The Morgan fingerprint density at radius 3 is 2.60 bits per heavy atom. The molecule has 0 aromatic rings. The van der Waals surface area contributed by atoms with Gasteiger partial charge in [-0.25, -0.2) is 0 Å². The Bertz CT molecular complexity index is 199. The van der Waals surface area contributed by atoms with E-state index >= 15 is 0 Å². The van der Waals surface area contributed by atoms with E-state index in [1.54, 1.807) is 0 Å². The standard InChI is InChI=1S/C13H25NO/c1-2-14-9-6-12(11-14)10-13(15)7-4-3-5-8-13/h12,15H,2-11H2,1H3. The van der Waals surface area contributed by atoms with Crippen LogP contribution in [0.2, 0.25) is 0 Å². The van der Waals surface area contributed by atoms with Crippen LogP contribution < -0.4 is 0 Å². The minimum absolute atomic E-state index is 0.299. The lowest BCUT2D eigenvalue weighted by molar-refractivity contribution is -0.0165. The molecule has 15 heavy (non-hydrogen) atoms. The molecule has 1 saturated carbocycles. The third kappa shape index (κ3) is 2.94. The monoisotopic (exact) mass is 211 g/mol. The molecule has 88 valence electrons. The highest BCUT2D eigenvalue weighted by Gasteiger charge is 2.34. The Labute approximate surface area is 93.7 Å². The molecule has 0 aromatic heterocycles. The second-order valence-electron chi connectivity index (χ2n) is 5.54. The van der Waals surface area contributed by atoms with Crippen molar-refractivity contribution in [2.45, 2.75) is 57.5 Å². The Balaban J connectivity index is 1.80. The van der Waals surface area contributed by atoms with Crippen LogP contribution in [0.4, 0.5) is 0 Å². The van der Waals surface area contributed by atoms with Crippen molar-refractivity contribution in [2.75, 3.05) is 19.6 Å². The van der Waals surface area contributed by atoms with Gasteiger partial charge in [0.1, 0.15) is 0 Å². The molecule has 1 aliphatic heterocycles. The van der Waals surface area contributed by atoms with Crippen molar-refractivity contribution >= 4 is 0 Å². The highest BCUT2D eigenvalue weighted by Crippen LogP contribution is 2.35. The topological polar surface area (TPSA) is 23.5 Å². The van der Waals surface area contributed by atoms with Crippen molar-refractivity contribution in [2.24, 2.45) is 5.92 Å². The second-order valence-corrected chi connectivity index (χ2v) is 5.54. The molecule has 1 heterocycles. The lowest BCUT2D eigenvalue weighted by atomic mass is 9.78. The lowest BCUT2D eigenvalue weighted by Crippen LogP contribution is -2.34. The summed E-state index contributed by atoms with van der Waals surface area (Å²) >= 11 is 0. The summed E-state index contributed by atoms with van der Waals surface area (Å²) in [4.78, 5) is 2.51. The zero-order chi connectivity index (χ0) is 10.7. The fourth-order valence-electron chi connectivity index (χ4n) is 3.32. The summed E-state index contributed by atoms with van der Waals surface area (Å²) in [5.74, 6) is 0.757. The first-order valence-corrected chi connectivity index (χ1v) is 6.66. The van der Waals surface area contributed by atoms with Crippen LogP contribution in [0.15, 0.2) is 0 Å². The Morgan fingerprint density at radius 2 is 2.00 bits per heavy atom. The number of hydrogen-bond acceptors (Lipinski definition) is 2. The summed E-state index contributed by atoms with van der Waals surface area (Å²) in [5, 5.41) is 10.5. The van der Waals surface area contributed by atoms with Crippen molar-refractivity contribution < 1.29 is 5.11 Å². The second kappa shape index (κ2) is 4.84. The molecule has 0 radical (unpaired) electrons. The van der Waals surface area contributed by atoms with E-state index in [1.807, 2.05) is 0 Å². The third-order valence-electron chi connectivity index (χ3n) is 4.27. The first kappa shape index (κ1) is 11.4. The third-order valence-corrected chi connectivity index (χ3v) is 4.27. The van der Waals surface area contributed by atoms with E-state index in [0.29, 0.717) is 0 Å². The van der Waals surface area contributed by atoms with E-state index in [0.717, 1.165) is 25.2 Å². The maximum atomic E-state index is 10.5. The van der Waals surface area contributed by atoms with Gasteiger partial charge in [-0.2, -0.15) is 0 Å². The minimum Gasteiger partial charge on any atom is -0.390 e. The molecule has 2 fully saturated rings. The van der Waals surface area contributed by atoms with Crippen LogP contribution in [0, 0.1) is 5.92 Å². The van der Waals surface area contributed by atoms with E-state index in [9.17, 15) is 5.11 Å². The van der Waals surface area contributed by atoms with Crippen molar-refractivity contribution in [1.29, 1.82) is 0 Å². The van der Waals surface area contributed by atoms with Crippen molar-refractivity contribution in [1.82, 2.24) is 4.90 Å². The smallest absolute Gasteiger partial charge is 0.0651 e. The SMILES string of the molecule is CCN1CCC(CC2(O)CCCCC2)C1. The molecule has 1 unspecified atom stereocenters. The van der Waals surface area contributed by atoms with Crippen molar-refractivity contribution in [3.05, 3.63) is 0 Å². The van der Waals surface area contributed by atoms with Crippen LogP contribution in [-0.4, -0.2) is 35.2 Å². The van der Waals surface area contributed by atoms with Crippen LogP contribution in [0.3, 0.4) is 0 Å². The fourth-order valence-corrected chi connectivity index (χ4v) is 3.32. The van der Waals surface area contributed by atoms with Gasteiger partial charge in [-0.05, 0) is 44.7 Å². The lowest BCUT2D eigenvalue weighted by Gasteiger charge is -2.34. The van der Waals surface area contributed by atoms with Gasteiger partial charge in [-0.1, -0.05) is 26.2 Å². The predicted octanol–water partition coefficient (Wildman–Crippen LogP) is 2.41. The number of aliphatic hydroxyl groups is 1. The van der Waals surface area contributed by atoms with Gasteiger partial charge in [-0.15, -0.1) is 0 Å². The molecule has 1 N–H and O–H groups in total. The molecule has 2 aliphatic rings. The molecule has 2 rings (SSSR count). The Kier molecular flexibility index (Phi) is 3.68. The molecule has 1 saturated heterocycles. The normalized spacial score (nSPS) is 32.0. The summed E-state index contributed by atoms with van der Waals surface area (Å²) in [6, 6.07) is 0. The Hall–Kier alpha value is -0.0800. The zero-order valence-corrected chi connectivity index (χ0v) is 10.0. The van der Waals surface area contributed by atoms with E-state index in [-0.39, 0.29) is 5.60 Å². The van der Waals surface area contributed by atoms with Crippen molar-refractivity contribution in [3.63, 3.8) is 0 Å². The highest BCUT2D eigenvalue weighted by molar-refractivity contribution is 4.87. The molecule has 0 spiro atoms. The predicted molar refractivity (Wildman–Crippen MR) is 62.9 cm³/mol. The van der Waals surface area contributed by atoms with Gasteiger partial charge in [0.15, 0.2) is 0 Å². The summed E-state index contributed by atoms with van der Waals surface area (Å²) in [6.07, 6.45) is 8.26. The van der Waals surface area contributed by atoms with E-state index in [4.69, 9.17) is 0 Å². The summed E-state index contributed by atoms with van der Waals surface area (Å²) in [5.41, 5.74) is -0.299. The molecule has 1 aliphatic carbocycles. The molecule has 0 aromatic carbocycles. The van der Waals surface area contributed by atoms with Gasteiger partial charge in [-0.3, -0.25) is 0 Å². The van der Waals surface area contributed by atoms with E-state index in [1.165, 1.54) is 45.3 Å². The van der Waals surface area contributed by atoms with Crippen LogP contribution in [0.25, 0.3) is 0 Å². The zero-order valence-electron chi connectivity index (χ0n) is 10.0. The first-order chi connectivity index (χ1) is 7.22. The molecule has 0 bridgehead atoms. The molecular formula is C13H25NO. The summed E-state index contributed by atoms with van der Waals surface area (Å²) in [7, 11) is 0. The largest absolute Gasteiger partial charge is 0.390 e. The first-order valence-electron chi connectivity index (χ1n) is 6.66. The summed E-state index contributed by atoms with van der Waals surface area (Å²) < 4.78 is 0. The maximum Gasteiger partial charge on any atom is 0.0651 e. The average molecular weight is 211 g/mol. The van der Waals surface area contributed by atoms with E-state index < -0.39 is 0 Å². The van der Waals surface area contributed by atoms with Gasteiger partial charge in [0.05, 0.1) is 5.60 Å². The Morgan fingerprint density at radius 1 is 1.27 bits per heavy atom. The maximum absolute atomic E-state index is 10.5. The highest BCUT2D eigenvalue weighted by atomic mass is 16.3. The number of nitrogens with zero attached hydrogens (tertiary/aromatic N) is 1. The fraction of sp³-hybridized carbons (Fsp3) is 1.00. The number of hydrogen-bond donors (Lipinski definition) is 1. The van der Waals surface area contributed by atoms with E-state index in [2.05, 4.69) is 11.8 Å². The molecule has 1 atom stereocenters. The van der Waals surface area contributed by atoms with Crippen LogP contribution in [0.1, 0.15) is 51.9 Å². The minimum atomic E-state index is -0.299. The number of rotatable bonds is 3.